The van der Waals surface area contributed by atoms with Crippen molar-refractivity contribution in [1.82, 2.24) is 0 Å². The fraction of sp³-hybridized carbons (Fsp3) is 0.700. The summed E-state index contributed by atoms with van der Waals surface area (Å²) in [5, 5.41) is 0. The van der Waals surface area contributed by atoms with E-state index in [0.29, 0.717) is 5.41 Å². The highest BCUT2D eigenvalue weighted by atomic mass is 16.5. The van der Waals surface area contributed by atoms with Gasteiger partial charge in [-0.3, -0.25) is 0 Å². The Bertz CT molecular complexity index is 406. The standard InChI is InChI=1S/C18H28O.C2H6/c1-5-7-15(4)17-13-18(8-10-19-11-9-18)12-16(17)14(3)6-2;1-2/h6H,4-5,7-13H2,1-3H3;1-2H3/b14-6-;. The molecule has 1 saturated heterocycles. The SMILES string of the molecule is C=C(CCC)C1=C(/C(C)=C\C)CC2(CCOCC2)C1.CC. The van der Waals surface area contributed by atoms with E-state index < -0.39 is 0 Å². The number of allylic oxidation sites excluding steroid dienone is 5. The molecule has 0 N–H and O–H groups in total. The van der Waals surface area contributed by atoms with E-state index in [4.69, 9.17) is 4.74 Å². The van der Waals surface area contributed by atoms with E-state index in [-0.39, 0.29) is 0 Å². The van der Waals surface area contributed by atoms with Gasteiger partial charge in [0.25, 0.3) is 0 Å². The third-order valence-electron chi connectivity index (χ3n) is 4.91. The molecule has 2 aliphatic rings. The molecule has 0 bridgehead atoms. The van der Waals surface area contributed by atoms with Crippen molar-refractivity contribution >= 4 is 0 Å². The monoisotopic (exact) mass is 290 g/mol. The normalized spacial score (nSPS) is 21.3. The van der Waals surface area contributed by atoms with E-state index >= 15 is 0 Å². The second-order valence-electron chi connectivity index (χ2n) is 6.25. The van der Waals surface area contributed by atoms with E-state index in [2.05, 4.69) is 33.4 Å². The molecule has 1 heteroatoms. The Balaban J connectivity index is 0.00000106. The summed E-state index contributed by atoms with van der Waals surface area (Å²) < 4.78 is 5.57. The van der Waals surface area contributed by atoms with Crippen molar-refractivity contribution in [2.24, 2.45) is 5.41 Å². The number of rotatable bonds is 4. The minimum absolute atomic E-state index is 0.476. The van der Waals surface area contributed by atoms with Crippen LogP contribution < -0.4 is 0 Å². The zero-order valence-electron chi connectivity index (χ0n) is 14.8. The van der Waals surface area contributed by atoms with E-state index in [0.717, 1.165) is 19.6 Å². The molecule has 0 radical (unpaired) electrons. The Morgan fingerprint density at radius 1 is 1.19 bits per heavy atom. The third kappa shape index (κ3) is 4.32. The van der Waals surface area contributed by atoms with Crippen LogP contribution in [0.1, 0.15) is 73.1 Å². The van der Waals surface area contributed by atoms with Crippen molar-refractivity contribution in [3.8, 4) is 0 Å². The van der Waals surface area contributed by atoms with Gasteiger partial charge in [-0.2, -0.15) is 0 Å². The molecule has 21 heavy (non-hydrogen) atoms. The van der Waals surface area contributed by atoms with Crippen molar-refractivity contribution in [3.05, 3.63) is 34.9 Å². The van der Waals surface area contributed by atoms with Gasteiger partial charge in [0.1, 0.15) is 0 Å². The molecule has 1 fully saturated rings. The van der Waals surface area contributed by atoms with Crippen LogP contribution in [-0.2, 0) is 4.74 Å². The zero-order valence-corrected chi connectivity index (χ0v) is 14.8. The summed E-state index contributed by atoms with van der Waals surface area (Å²) >= 11 is 0. The summed E-state index contributed by atoms with van der Waals surface area (Å²) in [6.07, 6.45) is 9.50. The van der Waals surface area contributed by atoms with E-state index in [1.54, 1.807) is 11.1 Å². The highest BCUT2D eigenvalue weighted by Crippen LogP contribution is 2.52. The van der Waals surface area contributed by atoms with Crippen LogP contribution in [0.2, 0.25) is 0 Å². The molecule has 0 unspecified atom stereocenters. The van der Waals surface area contributed by atoms with Gasteiger partial charge in [0, 0.05) is 13.2 Å². The molecule has 1 spiro atoms. The molecule has 0 amide bonds. The predicted molar refractivity (Wildman–Crippen MR) is 93.6 cm³/mol. The molecular weight excluding hydrogens is 256 g/mol. The summed E-state index contributed by atoms with van der Waals surface area (Å²) in [5.41, 5.74) is 6.46. The van der Waals surface area contributed by atoms with Gasteiger partial charge in [-0.05, 0) is 62.5 Å². The summed E-state index contributed by atoms with van der Waals surface area (Å²) in [6.45, 7) is 16.9. The first-order chi connectivity index (χ1) is 10.1. The van der Waals surface area contributed by atoms with Crippen LogP contribution in [0, 0.1) is 5.41 Å². The molecule has 1 aliphatic carbocycles. The first-order valence-corrected chi connectivity index (χ1v) is 8.73. The van der Waals surface area contributed by atoms with Gasteiger partial charge in [0.15, 0.2) is 0 Å². The van der Waals surface area contributed by atoms with E-state index in [1.807, 2.05) is 13.8 Å². The Hall–Kier alpha value is -0.820. The van der Waals surface area contributed by atoms with Crippen LogP contribution in [0.3, 0.4) is 0 Å². The average Bonchev–Trinajstić information content (AvgIpc) is 2.89. The molecule has 0 aromatic heterocycles. The maximum absolute atomic E-state index is 5.57. The van der Waals surface area contributed by atoms with Crippen LogP contribution in [0.5, 0.6) is 0 Å². The lowest BCUT2D eigenvalue weighted by Gasteiger charge is -2.34. The molecule has 1 aliphatic heterocycles. The van der Waals surface area contributed by atoms with Crippen LogP contribution in [0.15, 0.2) is 34.9 Å². The number of hydrogen-bond donors (Lipinski definition) is 0. The highest BCUT2D eigenvalue weighted by molar-refractivity contribution is 5.47. The molecule has 120 valence electrons. The van der Waals surface area contributed by atoms with Gasteiger partial charge in [0.2, 0.25) is 0 Å². The average molecular weight is 290 g/mol. The molecule has 0 atom stereocenters. The first-order valence-electron chi connectivity index (χ1n) is 8.73. The Morgan fingerprint density at radius 2 is 1.76 bits per heavy atom. The highest BCUT2D eigenvalue weighted by Gasteiger charge is 2.40. The summed E-state index contributed by atoms with van der Waals surface area (Å²) in [7, 11) is 0. The van der Waals surface area contributed by atoms with Gasteiger partial charge in [0.05, 0.1) is 0 Å². The Morgan fingerprint density at radius 3 is 2.29 bits per heavy atom. The molecular formula is C20H34O. The lowest BCUT2D eigenvalue weighted by molar-refractivity contribution is 0.0198. The minimum Gasteiger partial charge on any atom is -0.381 e. The van der Waals surface area contributed by atoms with Crippen molar-refractivity contribution in [2.75, 3.05) is 13.2 Å². The number of ether oxygens (including phenoxy) is 1. The molecule has 1 nitrogen and oxygen atoms in total. The molecule has 2 rings (SSSR count). The lowest BCUT2D eigenvalue weighted by atomic mass is 9.76. The second kappa shape index (κ2) is 8.58. The topological polar surface area (TPSA) is 9.23 Å². The summed E-state index contributed by atoms with van der Waals surface area (Å²) in [4.78, 5) is 0. The fourth-order valence-corrected chi connectivity index (χ4v) is 3.53. The van der Waals surface area contributed by atoms with E-state index in [1.165, 1.54) is 43.3 Å². The zero-order chi connectivity index (χ0) is 15.9. The first kappa shape index (κ1) is 18.2. The Kier molecular flexibility index (Phi) is 7.45. The van der Waals surface area contributed by atoms with Gasteiger partial charge >= 0.3 is 0 Å². The van der Waals surface area contributed by atoms with Crippen molar-refractivity contribution in [1.29, 1.82) is 0 Å². The maximum atomic E-state index is 5.57. The van der Waals surface area contributed by atoms with Gasteiger partial charge in [-0.1, -0.05) is 51.0 Å². The molecule has 0 aromatic carbocycles. The lowest BCUT2D eigenvalue weighted by Crippen LogP contribution is -2.27. The van der Waals surface area contributed by atoms with Crippen molar-refractivity contribution < 1.29 is 4.74 Å². The molecule has 1 heterocycles. The molecule has 0 saturated carbocycles. The summed E-state index contributed by atoms with van der Waals surface area (Å²) in [6, 6.07) is 0. The van der Waals surface area contributed by atoms with Crippen LogP contribution in [0.25, 0.3) is 0 Å². The van der Waals surface area contributed by atoms with Crippen molar-refractivity contribution in [2.45, 2.75) is 73.1 Å². The van der Waals surface area contributed by atoms with Crippen LogP contribution >= 0.6 is 0 Å². The smallest absolute Gasteiger partial charge is 0.0471 e. The predicted octanol–water partition coefficient (Wildman–Crippen LogP) is 6.22. The maximum Gasteiger partial charge on any atom is 0.0471 e. The number of hydrogen-bond acceptors (Lipinski definition) is 1. The quantitative estimate of drug-likeness (QED) is 0.597. The fourth-order valence-electron chi connectivity index (χ4n) is 3.53. The molecule has 0 aromatic rings. The van der Waals surface area contributed by atoms with Crippen LogP contribution in [-0.4, -0.2) is 13.2 Å². The third-order valence-corrected chi connectivity index (χ3v) is 4.91. The van der Waals surface area contributed by atoms with Gasteiger partial charge in [-0.25, -0.2) is 0 Å². The summed E-state index contributed by atoms with van der Waals surface area (Å²) in [5.74, 6) is 0. The van der Waals surface area contributed by atoms with E-state index in [9.17, 15) is 0 Å². The largest absolute Gasteiger partial charge is 0.381 e. The van der Waals surface area contributed by atoms with Gasteiger partial charge in [-0.15, -0.1) is 0 Å². The second-order valence-corrected chi connectivity index (χ2v) is 6.25. The van der Waals surface area contributed by atoms with Gasteiger partial charge < -0.3 is 4.74 Å². The van der Waals surface area contributed by atoms with Crippen molar-refractivity contribution in [3.63, 3.8) is 0 Å². The minimum atomic E-state index is 0.476. The Labute approximate surface area is 132 Å². The van der Waals surface area contributed by atoms with Crippen LogP contribution in [0.4, 0.5) is 0 Å².